The second-order valence-electron chi connectivity index (χ2n) is 9.13. The van der Waals surface area contributed by atoms with Crippen molar-refractivity contribution in [2.24, 2.45) is 0 Å². The molecule has 3 aromatic carbocycles. The van der Waals surface area contributed by atoms with Crippen molar-refractivity contribution in [1.82, 2.24) is 20.7 Å². The average molecular weight is 441 g/mol. The largest absolute Gasteiger partial charge is 0.339 e. The third-order valence-corrected chi connectivity index (χ3v) is 6.90. The van der Waals surface area contributed by atoms with Crippen LogP contribution in [0.3, 0.4) is 0 Å². The molecule has 2 aliphatic heterocycles. The standard InChI is InChI=1S/C28H32N4O/c1-21-12-14-22(15-13-21)25-20-26(30-29-25)28(33)32-18-16-31(17-19-32)27(23-8-4-2-5-9-23)24-10-6-3-7-11-24/h2-15,25-27,29-30H,16-20H2,1H3. The van der Waals surface area contributed by atoms with Crippen molar-refractivity contribution in [3.63, 3.8) is 0 Å². The van der Waals surface area contributed by atoms with Gasteiger partial charge in [-0.05, 0) is 30.0 Å². The first kappa shape index (κ1) is 21.8. The zero-order chi connectivity index (χ0) is 22.6. The Morgan fingerprint density at radius 1 is 0.788 bits per heavy atom. The molecule has 2 aliphatic rings. The first-order valence-corrected chi connectivity index (χ1v) is 11.9. The van der Waals surface area contributed by atoms with Gasteiger partial charge in [0.1, 0.15) is 6.04 Å². The van der Waals surface area contributed by atoms with Gasteiger partial charge in [-0.25, -0.2) is 10.9 Å². The van der Waals surface area contributed by atoms with Crippen molar-refractivity contribution in [2.45, 2.75) is 31.5 Å². The van der Waals surface area contributed by atoms with E-state index in [1.165, 1.54) is 22.3 Å². The van der Waals surface area contributed by atoms with Crippen molar-refractivity contribution in [2.75, 3.05) is 26.2 Å². The Hall–Kier alpha value is -2.99. The summed E-state index contributed by atoms with van der Waals surface area (Å²) in [7, 11) is 0. The Morgan fingerprint density at radius 3 is 1.94 bits per heavy atom. The summed E-state index contributed by atoms with van der Waals surface area (Å²) in [5.41, 5.74) is 11.6. The lowest BCUT2D eigenvalue weighted by Crippen LogP contribution is -2.54. The van der Waals surface area contributed by atoms with Crippen molar-refractivity contribution in [1.29, 1.82) is 0 Å². The minimum absolute atomic E-state index is 0.168. The van der Waals surface area contributed by atoms with Crippen LogP contribution in [0.5, 0.6) is 0 Å². The molecule has 170 valence electrons. The summed E-state index contributed by atoms with van der Waals surface area (Å²) in [6.45, 7) is 5.32. The quantitative estimate of drug-likeness (QED) is 0.633. The van der Waals surface area contributed by atoms with Crippen molar-refractivity contribution >= 4 is 5.91 Å². The van der Waals surface area contributed by atoms with Gasteiger partial charge in [0.25, 0.3) is 0 Å². The molecule has 1 amide bonds. The van der Waals surface area contributed by atoms with Crippen molar-refractivity contribution in [3.05, 3.63) is 107 Å². The van der Waals surface area contributed by atoms with Crippen LogP contribution < -0.4 is 10.9 Å². The molecule has 2 unspecified atom stereocenters. The van der Waals surface area contributed by atoms with Gasteiger partial charge >= 0.3 is 0 Å². The van der Waals surface area contributed by atoms with Gasteiger partial charge in [0, 0.05) is 32.2 Å². The summed E-state index contributed by atoms with van der Waals surface area (Å²) in [5.74, 6) is 0.202. The maximum Gasteiger partial charge on any atom is 0.241 e. The number of rotatable bonds is 5. The zero-order valence-corrected chi connectivity index (χ0v) is 19.2. The van der Waals surface area contributed by atoms with Crippen molar-refractivity contribution < 1.29 is 4.79 Å². The van der Waals surface area contributed by atoms with Gasteiger partial charge < -0.3 is 4.90 Å². The lowest BCUT2D eigenvalue weighted by atomic mass is 9.96. The predicted octanol–water partition coefficient (Wildman–Crippen LogP) is 3.84. The number of amides is 1. The molecule has 0 radical (unpaired) electrons. The molecule has 2 saturated heterocycles. The lowest BCUT2D eigenvalue weighted by Gasteiger charge is -2.40. The zero-order valence-electron chi connectivity index (χ0n) is 19.2. The molecule has 2 N–H and O–H groups in total. The van der Waals surface area contributed by atoms with Crippen LogP contribution in [0.4, 0.5) is 0 Å². The molecule has 33 heavy (non-hydrogen) atoms. The van der Waals surface area contributed by atoms with E-state index < -0.39 is 0 Å². The van der Waals surface area contributed by atoms with Gasteiger partial charge in [0.2, 0.25) is 5.91 Å². The number of carbonyl (C=O) groups is 1. The molecule has 0 aromatic heterocycles. The van der Waals surface area contributed by atoms with E-state index >= 15 is 0 Å². The second-order valence-corrected chi connectivity index (χ2v) is 9.13. The normalized spacial score (nSPS) is 21.5. The Balaban J connectivity index is 1.23. The first-order chi connectivity index (χ1) is 16.2. The maximum atomic E-state index is 13.3. The van der Waals surface area contributed by atoms with E-state index in [1.54, 1.807) is 0 Å². The fraction of sp³-hybridized carbons (Fsp3) is 0.321. The summed E-state index contributed by atoms with van der Waals surface area (Å²) in [6.07, 6.45) is 0.777. The highest BCUT2D eigenvalue weighted by atomic mass is 16.2. The highest BCUT2D eigenvalue weighted by Crippen LogP contribution is 2.30. The molecule has 0 bridgehead atoms. The highest BCUT2D eigenvalue weighted by molar-refractivity contribution is 5.82. The fourth-order valence-electron chi connectivity index (χ4n) is 5.04. The summed E-state index contributed by atoms with van der Waals surface area (Å²) < 4.78 is 0. The molecular weight excluding hydrogens is 408 g/mol. The number of hydrogen-bond donors (Lipinski definition) is 2. The molecule has 5 heteroatoms. The Morgan fingerprint density at radius 2 is 1.36 bits per heavy atom. The second kappa shape index (κ2) is 9.87. The molecular formula is C28H32N4O. The number of nitrogens with zero attached hydrogens (tertiary/aromatic N) is 2. The molecule has 5 rings (SSSR count). The lowest BCUT2D eigenvalue weighted by molar-refractivity contribution is -0.135. The van der Waals surface area contributed by atoms with Gasteiger partial charge in [-0.15, -0.1) is 0 Å². The number of nitrogens with one attached hydrogen (secondary N) is 2. The number of aryl methyl sites for hydroxylation is 1. The molecule has 3 aromatic rings. The third kappa shape index (κ3) is 4.86. The smallest absolute Gasteiger partial charge is 0.241 e. The van der Waals surface area contributed by atoms with E-state index in [0.717, 1.165) is 32.6 Å². The van der Waals surface area contributed by atoms with Crippen LogP contribution >= 0.6 is 0 Å². The van der Waals surface area contributed by atoms with Crippen LogP contribution in [0.25, 0.3) is 0 Å². The Bertz CT molecular complexity index is 1010. The van der Waals surface area contributed by atoms with E-state index in [4.69, 9.17) is 0 Å². The van der Waals surface area contributed by atoms with Gasteiger partial charge in [0.05, 0.1) is 6.04 Å². The maximum absolute atomic E-state index is 13.3. The van der Waals surface area contributed by atoms with E-state index in [-0.39, 0.29) is 24.0 Å². The van der Waals surface area contributed by atoms with Crippen LogP contribution in [0.15, 0.2) is 84.9 Å². The summed E-state index contributed by atoms with van der Waals surface area (Å²) >= 11 is 0. The summed E-state index contributed by atoms with van der Waals surface area (Å²) in [6, 6.07) is 30.1. The molecule has 2 heterocycles. The van der Waals surface area contributed by atoms with Crippen LogP contribution in [-0.4, -0.2) is 47.9 Å². The first-order valence-electron chi connectivity index (χ1n) is 11.9. The number of piperazine rings is 1. The monoisotopic (exact) mass is 440 g/mol. The minimum Gasteiger partial charge on any atom is -0.339 e. The van der Waals surface area contributed by atoms with Gasteiger partial charge in [0.15, 0.2) is 0 Å². The minimum atomic E-state index is -0.179. The number of carbonyl (C=O) groups excluding carboxylic acids is 1. The predicted molar refractivity (Wildman–Crippen MR) is 131 cm³/mol. The molecule has 2 atom stereocenters. The molecule has 0 aliphatic carbocycles. The van der Waals surface area contributed by atoms with Crippen LogP contribution in [0.2, 0.25) is 0 Å². The van der Waals surface area contributed by atoms with Crippen molar-refractivity contribution in [3.8, 4) is 0 Å². The number of hydrogen-bond acceptors (Lipinski definition) is 4. The SMILES string of the molecule is Cc1ccc(C2CC(C(=O)N3CCN(C(c4ccccc4)c4ccccc4)CC3)NN2)cc1. The Labute approximate surface area is 196 Å². The molecule has 2 fully saturated rings. The molecule has 0 saturated carbocycles. The Kier molecular flexibility index (Phi) is 6.53. The third-order valence-electron chi connectivity index (χ3n) is 6.90. The summed E-state index contributed by atoms with van der Waals surface area (Å²) in [5, 5.41) is 0. The van der Waals surface area contributed by atoms with Gasteiger partial charge in [-0.2, -0.15) is 0 Å². The number of benzene rings is 3. The highest BCUT2D eigenvalue weighted by Gasteiger charge is 2.35. The van der Waals surface area contributed by atoms with Gasteiger partial charge in [-0.1, -0.05) is 90.5 Å². The van der Waals surface area contributed by atoms with E-state index in [1.807, 2.05) is 4.90 Å². The van der Waals surface area contributed by atoms with Crippen LogP contribution in [-0.2, 0) is 4.79 Å². The topological polar surface area (TPSA) is 47.6 Å². The van der Waals surface area contributed by atoms with E-state index in [9.17, 15) is 4.79 Å². The molecule has 5 nitrogen and oxygen atoms in total. The van der Waals surface area contributed by atoms with E-state index in [0.29, 0.717) is 0 Å². The summed E-state index contributed by atoms with van der Waals surface area (Å²) in [4.78, 5) is 17.8. The van der Waals surface area contributed by atoms with Crippen LogP contribution in [0.1, 0.15) is 40.8 Å². The van der Waals surface area contributed by atoms with Crippen LogP contribution in [0, 0.1) is 6.92 Å². The van der Waals surface area contributed by atoms with Gasteiger partial charge in [-0.3, -0.25) is 9.69 Å². The molecule has 0 spiro atoms. The average Bonchev–Trinajstić information content (AvgIpc) is 3.36. The van der Waals surface area contributed by atoms with E-state index in [2.05, 4.69) is 108 Å². The fourth-order valence-corrected chi connectivity index (χ4v) is 5.04. The number of hydrazine groups is 1.